The largest absolute Gasteiger partial charge is 0.378 e. The van der Waals surface area contributed by atoms with Gasteiger partial charge in [-0.25, -0.2) is 13.5 Å². The number of carbonyl (C=O) groups excluding carboxylic acids is 1. The fraction of sp³-hybridized carbons (Fsp3) is 0.412. The van der Waals surface area contributed by atoms with E-state index >= 15 is 0 Å². The molecular formula is C17H17F2N3O2. The van der Waals surface area contributed by atoms with Crippen LogP contribution in [0.25, 0.3) is 5.69 Å². The molecule has 1 aliphatic carbocycles. The first-order valence-electron chi connectivity index (χ1n) is 8.08. The molecule has 0 bridgehead atoms. The van der Waals surface area contributed by atoms with Gasteiger partial charge in [-0.1, -0.05) is 0 Å². The third kappa shape index (κ3) is 2.49. The number of rotatable bonds is 2. The summed E-state index contributed by atoms with van der Waals surface area (Å²) in [6.45, 7) is 2.15. The van der Waals surface area contributed by atoms with Crippen LogP contribution in [0.2, 0.25) is 0 Å². The van der Waals surface area contributed by atoms with Crippen LogP contribution in [0.3, 0.4) is 0 Å². The van der Waals surface area contributed by atoms with Gasteiger partial charge in [-0.2, -0.15) is 5.10 Å². The third-order valence-corrected chi connectivity index (χ3v) is 4.58. The number of carbonyl (C=O) groups is 1. The van der Waals surface area contributed by atoms with Gasteiger partial charge < -0.3 is 9.64 Å². The van der Waals surface area contributed by atoms with Gasteiger partial charge in [-0.05, 0) is 31.4 Å². The number of halogens is 2. The first-order valence-corrected chi connectivity index (χ1v) is 8.08. The highest BCUT2D eigenvalue weighted by Crippen LogP contribution is 2.29. The van der Waals surface area contributed by atoms with Gasteiger partial charge in [0.25, 0.3) is 5.91 Å². The average Bonchev–Trinajstić information content (AvgIpc) is 3.20. The molecule has 0 atom stereocenters. The number of nitrogens with zero attached hydrogens (tertiary/aromatic N) is 3. The Bertz CT molecular complexity index is 797. The molecule has 5 nitrogen and oxygen atoms in total. The second-order valence-corrected chi connectivity index (χ2v) is 6.04. The van der Waals surface area contributed by atoms with Crippen molar-refractivity contribution in [1.29, 1.82) is 0 Å². The second kappa shape index (κ2) is 5.98. The molecule has 126 valence electrons. The van der Waals surface area contributed by atoms with Crippen LogP contribution in [0.4, 0.5) is 8.78 Å². The molecular weight excluding hydrogens is 316 g/mol. The minimum Gasteiger partial charge on any atom is -0.378 e. The highest BCUT2D eigenvalue weighted by Gasteiger charge is 2.30. The van der Waals surface area contributed by atoms with Gasteiger partial charge in [0.05, 0.1) is 18.9 Å². The standard InChI is InChI=1S/C17H17F2N3O2/c18-13-5-4-11(10-14(13)19)22-15-3-1-2-12(15)16(20-22)17(23)21-6-8-24-9-7-21/h4-5,10H,1-3,6-9H2. The maximum Gasteiger partial charge on any atom is 0.274 e. The van der Waals surface area contributed by atoms with Gasteiger partial charge >= 0.3 is 0 Å². The Hall–Kier alpha value is -2.28. The summed E-state index contributed by atoms with van der Waals surface area (Å²) in [5.74, 6) is -1.93. The minimum atomic E-state index is -0.921. The fourth-order valence-electron chi connectivity index (χ4n) is 3.36. The van der Waals surface area contributed by atoms with Gasteiger partial charge in [-0.15, -0.1) is 0 Å². The van der Waals surface area contributed by atoms with Gasteiger partial charge in [-0.3, -0.25) is 4.79 Å². The van der Waals surface area contributed by atoms with Crippen molar-refractivity contribution in [2.75, 3.05) is 26.3 Å². The van der Waals surface area contributed by atoms with Gasteiger partial charge in [0.1, 0.15) is 0 Å². The Kier molecular flexibility index (Phi) is 3.80. The monoisotopic (exact) mass is 333 g/mol. The van der Waals surface area contributed by atoms with Crippen molar-refractivity contribution in [3.05, 3.63) is 46.8 Å². The van der Waals surface area contributed by atoms with E-state index in [0.29, 0.717) is 37.7 Å². The van der Waals surface area contributed by atoms with E-state index in [-0.39, 0.29) is 5.91 Å². The molecule has 24 heavy (non-hydrogen) atoms. The molecule has 1 aromatic heterocycles. The normalized spacial score (nSPS) is 17.2. The Balaban J connectivity index is 1.74. The Morgan fingerprint density at radius 2 is 1.92 bits per heavy atom. The van der Waals surface area contributed by atoms with Crippen molar-refractivity contribution >= 4 is 5.91 Å². The molecule has 1 fully saturated rings. The molecule has 2 heterocycles. The maximum atomic E-state index is 13.6. The number of morpholine rings is 1. The first-order chi connectivity index (χ1) is 11.6. The molecule has 1 saturated heterocycles. The summed E-state index contributed by atoms with van der Waals surface area (Å²) >= 11 is 0. The molecule has 0 radical (unpaired) electrons. The highest BCUT2D eigenvalue weighted by molar-refractivity contribution is 5.94. The summed E-state index contributed by atoms with van der Waals surface area (Å²) in [6.07, 6.45) is 2.49. The summed E-state index contributed by atoms with van der Waals surface area (Å²) in [7, 11) is 0. The Labute approximate surface area is 137 Å². The van der Waals surface area contributed by atoms with E-state index in [0.717, 1.165) is 42.7 Å². The molecule has 1 aliphatic heterocycles. The highest BCUT2D eigenvalue weighted by atomic mass is 19.2. The van der Waals surface area contributed by atoms with Crippen LogP contribution in [0.1, 0.15) is 28.2 Å². The van der Waals surface area contributed by atoms with Crippen LogP contribution >= 0.6 is 0 Å². The lowest BCUT2D eigenvalue weighted by Gasteiger charge is -2.26. The Morgan fingerprint density at radius 1 is 1.12 bits per heavy atom. The van der Waals surface area contributed by atoms with E-state index in [1.165, 1.54) is 6.07 Å². The van der Waals surface area contributed by atoms with Gasteiger partial charge in [0, 0.05) is 30.4 Å². The lowest BCUT2D eigenvalue weighted by Crippen LogP contribution is -2.41. The zero-order valence-corrected chi connectivity index (χ0v) is 13.1. The quantitative estimate of drug-likeness (QED) is 0.846. The zero-order valence-electron chi connectivity index (χ0n) is 13.1. The lowest BCUT2D eigenvalue weighted by molar-refractivity contribution is 0.0298. The van der Waals surface area contributed by atoms with E-state index in [4.69, 9.17) is 4.74 Å². The SMILES string of the molecule is O=C(c1nn(-c2ccc(F)c(F)c2)c2c1CCC2)N1CCOCC1. The molecule has 7 heteroatoms. The number of benzene rings is 1. The van der Waals surface area contributed by atoms with E-state index < -0.39 is 11.6 Å². The van der Waals surface area contributed by atoms with Crippen molar-refractivity contribution in [2.24, 2.45) is 0 Å². The predicted octanol–water partition coefficient (Wildman–Crippen LogP) is 2.11. The summed E-state index contributed by atoms with van der Waals surface area (Å²) in [6, 6.07) is 3.67. The molecule has 0 unspecified atom stereocenters. The smallest absolute Gasteiger partial charge is 0.274 e. The van der Waals surface area contributed by atoms with Gasteiger partial charge in [0.2, 0.25) is 0 Å². The summed E-state index contributed by atoms with van der Waals surface area (Å²) < 4.78 is 33.6. The molecule has 0 spiro atoms. The molecule has 1 amide bonds. The van der Waals surface area contributed by atoms with Crippen molar-refractivity contribution < 1.29 is 18.3 Å². The molecule has 2 aromatic rings. The minimum absolute atomic E-state index is 0.113. The van der Waals surface area contributed by atoms with Crippen molar-refractivity contribution in [1.82, 2.24) is 14.7 Å². The van der Waals surface area contributed by atoms with Gasteiger partial charge in [0.15, 0.2) is 17.3 Å². The third-order valence-electron chi connectivity index (χ3n) is 4.58. The fourth-order valence-corrected chi connectivity index (χ4v) is 3.36. The second-order valence-electron chi connectivity index (χ2n) is 6.04. The number of amides is 1. The van der Waals surface area contributed by atoms with E-state index in [9.17, 15) is 13.6 Å². The number of fused-ring (bicyclic) bond motifs is 1. The molecule has 1 aromatic carbocycles. The van der Waals surface area contributed by atoms with Crippen molar-refractivity contribution in [2.45, 2.75) is 19.3 Å². The van der Waals surface area contributed by atoms with Crippen LogP contribution in [-0.4, -0.2) is 46.9 Å². The van der Waals surface area contributed by atoms with E-state index in [1.54, 1.807) is 9.58 Å². The number of ether oxygens (including phenoxy) is 1. The Morgan fingerprint density at radius 3 is 2.67 bits per heavy atom. The van der Waals surface area contributed by atoms with Crippen LogP contribution in [-0.2, 0) is 17.6 Å². The molecule has 0 saturated carbocycles. The van der Waals surface area contributed by atoms with E-state index in [2.05, 4.69) is 5.10 Å². The molecule has 4 rings (SSSR count). The predicted molar refractivity (Wildman–Crippen MR) is 82.2 cm³/mol. The molecule has 2 aliphatic rings. The van der Waals surface area contributed by atoms with E-state index in [1.807, 2.05) is 0 Å². The summed E-state index contributed by atoms with van der Waals surface area (Å²) in [5, 5.41) is 4.44. The summed E-state index contributed by atoms with van der Waals surface area (Å²) in [5.41, 5.74) is 2.70. The van der Waals surface area contributed by atoms with Crippen molar-refractivity contribution in [3.8, 4) is 5.69 Å². The van der Waals surface area contributed by atoms with Crippen molar-refractivity contribution in [3.63, 3.8) is 0 Å². The topological polar surface area (TPSA) is 47.4 Å². The molecule has 0 N–H and O–H groups in total. The van der Waals surface area contributed by atoms with Crippen LogP contribution in [0.5, 0.6) is 0 Å². The van der Waals surface area contributed by atoms with Crippen LogP contribution in [0.15, 0.2) is 18.2 Å². The average molecular weight is 333 g/mol. The lowest BCUT2D eigenvalue weighted by atomic mass is 10.2. The zero-order chi connectivity index (χ0) is 16.7. The van der Waals surface area contributed by atoms with Crippen LogP contribution in [0, 0.1) is 11.6 Å². The number of hydrogen-bond acceptors (Lipinski definition) is 3. The number of aromatic nitrogens is 2. The number of hydrogen-bond donors (Lipinski definition) is 0. The summed E-state index contributed by atoms with van der Waals surface area (Å²) in [4.78, 5) is 14.5. The maximum absolute atomic E-state index is 13.6. The first kappa shape index (κ1) is 15.3. The van der Waals surface area contributed by atoms with Crippen LogP contribution < -0.4 is 0 Å².